The highest BCUT2D eigenvalue weighted by atomic mass is 16.2. The molecule has 0 spiro atoms. The van der Waals surface area contributed by atoms with E-state index in [0.717, 1.165) is 39.0 Å². The van der Waals surface area contributed by atoms with Crippen molar-refractivity contribution in [3.63, 3.8) is 0 Å². The fraction of sp³-hybridized carbons (Fsp3) is 0.643. The Morgan fingerprint density at radius 2 is 2.09 bits per heavy atom. The number of likely N-dealkylation sites (N-methyl/N-ethyl adjacent to an activating group) is 1. The minimum absolute atomic E-state index is 0.0484. The zero-order valence-electron chi connectivity index (χ0n) is 13.3. The zero-order chi connectivity index (χ0) is 16.1. The summed E-state index contributed by atoms with van der Waals surface area (Å²) in [6, 6.07) is 2.23. The fourth-order valence-corrected chi connectivity index (χ4v) is 2.91. The molecule has 0 atom stereocenters. The van der Waals surface area contributed by atoms with Gasteiger partial charge in [0.05, 0.1) is 6.54 Å². The molecule has 9 heteroatoms. The van der Waals surface area contributed by atoms with Gasteiger partial charge in [0, 0.05) is 45.1 Å². The molecular weight excluding hydrogens is 296 g/mol. The molecule has 23 heavy (non-hydrogen) atoms. The average Bonchev–Trinajstić information content (AvgIpc) is 3.26. The van der Waals surface area contributed by atoms with Crippen molar-refractivity contribution in [1.29, 1.82) is 0 Å². The van der Waals surface area contributed by atoms with Gasteiger partial charge in [-0.15, -0.1) is 5.10 Å². The van der Waals surface area contributed by atoms with Crippen molar-refractivity contribution >= 4 is 5.91 Å². The molecule has 1 aliphatic rings. The van der Waals surface area contributed by atoms with E-state index < -0.39 is 0 Å². The van der Waals surface area contributed by atoms with Crippen LogP contribution in [-0.2, 0) is 17.9 Å². The minimum Gasteiger partial charge on any atom is -0.341 e. The molecule has 3 heterocycles. The Morgan fingerprint density at radius 3 is 2.74 bits per heavy atom. The first-order valence-electron chi connectivity index (χ1n) is 7.88. The average molecular weight is 318 g/mol. The van der Waals surface area contributed by atoms with Crippen molar-refractivity contribution < 1.29 is 4.79 Å². The molecule has 0 radical (unpaired) electrons. The maximum absolute atomic E-state index is 12.3. The second-order valence-electron chi connectivity index (χ2n) is 5.85. The third-order valence-corrected chi connectivity index (χ3v) is 4.39. The van der Waals surface area contributed by atoms with Crippen LogP contribution in [0.25, 0.3) is 0 Å². The number of hydrogen-bond donors (Lipinski definition) is 0. The first-order valence-corrected chi connectivity index (χ1v) is 7.88. The molecule has 3 rings (SSSR count). The van der Waals surface area contributed by atoms with Gasteiger partial charge < -0.3 is 9.80 Å². The highest BCUT2D eigenvalue weighted by Gasteiger charge is 2.25. The van der Waals surface area contributed by atoms with E-state index in [2.05, 4.69) is 25.5 Å². The number of rotatable bonds is 6. The normalized spacial score (nSPS) is 16.6. The molecule has 0 N–H and O–H groups in total. The highest BCUT2D eigenvalue weighted by Crippen LogP contribution is 2.15. The maximum atomic E-state index is 12.3. The van der Waals surface area contributed by atoms with Gasteiger partial charge in [0.2, 0.25) is 5.91 Å². The Bertz CT molecular complexity index is 588. The van der Waals surface area contributed by atoms with Gasteiger partial charge in [-0.2, -0.15) is 5.10 Å². The summed E-state index contributed by atoms with van der Waals surface area (Å²) in [6.07, 6.45) is 7.24. The molecular formula is C14H22N8O. The van der Waals surface area contributed by atoms with Gasteiger partial charge in [-0.25, -0.2) is 4.68 Å². The van der Waals surface area contributed by atoms with E-state index in [1.807, 2.05) is 28.9 Å². The van der Waals surface area contributed by atoms with Crippen LogP contribution < -0.4 is 0 Å². The summed E-state index contributed by atoms with van der Waals surface area (Å²) in [7, 11) is 1.87. The van der Waals surface area contributed by atoms with Crippen molar-refractivity contribution in [1.82, 2.24) is 39.8 Å². The van der Waals surface area contributed by atoms with Crippen LogP contribution in [0.15, 0.2) is 24.8 Å². The molecule has 0 saturated carbocycles. The quantitative estimate of drug-likeness (QED) is 0.713. The largest absolute Gasteiger partial charge is 0.341 e. The summed E-state index contributed by atoms with van der Waals surface area (Å²) in [5.74, 6) is 0.0484. The number of piperidine rings is 1. The lowest BCUT2D eigenvalue weighted by atomic mass is 10.0. The standard InChI is InChI=1S/C14H22N8O/c1-19(14(23)11-22-12-15-17-18-22)13-3-7-20(8-4-13)9-10-21-6-2-5-16-21/h2,5-6,12-13H,3-4,7-11H2,1H3. The Balaban J connectivity index is 1.41. The summed E-state index contributed by atoms with van der Waals surface area (Å²) in [4.78, 5) is 16.5. The van der Waals surface area contributed by atoms with E-state index >= 15 is 0 Å². The van der Waals surface area contributed by atoms with Crippen LogP contribution in [0.4, 0.5) is 0 Å². The lowest BCUT2D eigenvalue weighted by molar-refractivity contribution is -0.133. The smallest absolute Gasteiger partial charge is 0.244 e. The van der Waals surface area contributed by atoms with E-state index in [4.69, 9.17) is 0 Å². The highest BCUT2D eigenvalue weighted by molar-refractivity contribution is 5.75. The summed E-state index contributed by atoms with van der Waals surface area (Å²) in [5.41, 5.74) is 0. The predicted molar refractivity (Wildman–Crippen MR) is 82.3 cm³/mol. The number of likely N-dealkylation sites (tertiary alicyclic amines) is 1. The van der Waals surface area contributed by atoms with Crippen LogP contribution in [0.5, 0.6) is 0 Å². The first-order chi connectivity index (χ1) is 11.2. The van der Waals surface area contributed by atoms with Gasteiger partial charge in [-0.3, -0.25) is 9.48 Å². The molecule has 124 valence electrons. The SMILES string of the molecule is CN(C(=O)Cn1cnnn1)C1CCN(CCn2cccn2)CC1. The molecule has 0 unspecified atom stereocenters. The number of nitrogens with zero attached hydrogens (tertiary/aromatic N) is 8. The van der Waals surface area contributed by atoms with Crippen LogP contribution in [-0.4, -0.2) is 78.4 Å². The fourth-order valence-electron chi connectivity index (χ4n) is 2.91. The van der Waals surface area contributed by atoms with Gasteiger partial charge in [-0.05, 0) is 29.3 Å². The summed E-state index contributed by atoms with van der Waals surface area (Å²) in [6.45, 7) is 4.12. The van der Waals surface area contributed by atoms with Crippen molar-refractivity contribution in [2.45, 2.75) is 32.0 Å². The molecule has 2 aromatic rings. The van der Waals surface area contributed by atoms with Gasteiger partial charge >= 0.3 is 0 Å². The molecule has 2 aromatic heterocycles. The van der Waals surface area contributed by atoms with Crippen LogP contribution >= 0.6 is 0 Å². The topological polar surface area (TPSA) is 85.0 Å². The first kappa shape index (κ1) is 15.6. The van der Waals surface area contributed by atoms with Crippen LogP contribution in [0.2, 0.25) is 0 Å². The third kappa shape index (κ3) is 4.13. The summed E-state index contributed by atoms with van der Waals surface area (Å²) < 4.78 is 3.41. The molecule has 1 aliphatic heterocycles. The number of aromatic nitrogens is 6. The second kappa shape index (κ2) is 7.32. The number of amides is 1. The number of carbonyl (C=O) groups excluding carboxylic acids is 1. The predicted octanol–water partition coefficient (Wildman–Crippen LogP) is -0.507. The maximum Gasteiger partial charge on any atom is 0.244 e. The Hall–Kier alpha value is -2.29. The summed E-state index contributed by atoms with van der Waals surface area (Å²) in [5, 5.41) is 15.1. The molecule has 0 aliphatic carbocycles. The van der Waals surface area contributed by atoms with E-state index in [0.29, 0.717) is 6.04 Å². The Kier molecular flexibility index (Phi) is 4.96. The number of carbonyl (C=O) groups is 1. The lowest BCUT2D eigenvalue weighted by Gasteiger charge is -2.36. The van der Waals surface area contributed by atoms with E-state index in [9.17, 15) is 4.79 Å². The van der Waals surface area contributed by atoms with E-state index in [1.165, 1.54) is 11.0 Å². The van der Waals surface area contributed by atoms with Crippen molar-refractivity contribution in [2.75, 3.05) is 26.7 Å². The van der Waals surface area contributed by atoms with Gasteiger partial charge in [0.25, 0.3) is 0 Å². The van der Waals surface area contributed by atoms with Crippen molar-refractivity contribution in [2.24, 2.45) is 0 Å². The monoisotopic (exact) mass is 318 g/mol. The van der Waals surface area contributed by atoms with Crippen molar-refractivity contribution in [3.05, 3.63) is 24.8 Å². The van der Waals surface area contributed by atoms with Crippen LogP contribution in [0.3, 0.4) is 0 Å². The van der Waals surface area contributed by atoms with E-state index in [-0.39, 0.29) is 12.5 Å². The third-order valence-electron chi connectivity index (χ3n) is 4.39. The summed E-state index contributed by atoms with van der Waals surface area (Å²) >= 11 is 0. The van der Waals surface area contributed by atoms with Gasteiger partial charge in [-0.1, -0.05) is 0 Å². The Morgan fingerprint density at radius 1 is 1.26 bits per heavy atom. The lowest BCUT2D eigenvalue weighted by Crippen LogP contribution is -2.47. The van der Waals surface area contributed by atoms with Gasteiger partial charge in [0.1, 0.15) is 12.9 Å². The molecule has 1 saturated heterocycles. The van der Waals surface area contributed by atoms with Crippen molar-refractivity contribution in [3.8, 4) is 0 Å². The molecule has 1 fully saturated rings. The number of hydrogen-bond acceptors (Lipinski definition) is 6. The second-order valence-corrected chi connectivity index (χ2v) is 5.85. The molecule has 1 amide bonds. The minimum atomic E-state index is 0.0484. The Labute approximate surface area is 134 Å². The molecule has 0 aromatic carbocycles. The molecule has 9 nitrogen and oxygen atoms in total. The van der Waals surface area contributed by atoms with E-state index in [1.54, 1.807) is 6.20 Å². The zero-order valence-corrected chi connectivity index (χ0v) is 13.3. The van der Waals surface area contributed by atoms with Gasteiger partial charge in [0.15, 0.2) is 0 Å². The number of tetrazole rings is 1. The molecule has 0 bridgehead atoms. The van der Waals surface area contributed by atoms with Crippen LogP contribution in [0.1, 0.15) is 12.8 Å². The van der Waals surface area contributed by atoms with Crippen LogP contribution in [0, 0.1) is 0 Å².